The van der Waals surface area contributed by atoms with Crippen molar-refractivity contribution in [3.05, 3.63) is 71.3 Å². The van der Waals surface area contributed by atoms with Crippen molar-refractivity contribution < 1.29 is 14.3 Å². The Morgan fingerprint density at radius 2 is 1.93 bits per heavy atom. The molecule has 3 rings (SSSR count). The van der Waals surface area contributed by atoms with E-state index in [0.717, 1.165) is 11.1 Å². The Kier molecular flexibility index (Phi) is 6.53. The highest BCUT2D eigenvalue weighted by Gasteiger charge is 2.32. The van der Waals surface area contributed by atoms with Crippen LogP contribution in [0.15, 0.2) is 54.6 Å². The molecule has 0 aliphatic carbocycles. The molecule has 0 bridgehead atoms. The Hall–Kier alpha value is -2.31. The summed E-state index contributed by atoms with van der Waals surface area (Å²) in [6, 6.07) is 17.4. The molecule has 2 atom stereocenters. The lowest BCUT2D eigenvalue weighted by atomic mass is 10.1. The molecular formula is C21H24N2O3S. The fourth-order valence-electron chi connectivity index (χ4n) is 3.08. The third kappa shape index (κ3) is 4.90. The first-order valence-corrected chi connectivity index (χ1v) is 9.98. The van der Waals surface area contributed by atoms with Crippen molar-refractivity contribution in [2.24, 2.45) is 0 Å². The number of ether oxygens (including phenoxy) is 1. The van der Waals surface area contributed by atoms with Crippen LogP contribution in [-0.2, 0) is 16.1 Å². The summed E-state index contributed by atoms with van der Waals surface area (Å²) in [6.07, 6.45) is 0. The lowest BCUT2D eigenvalue weighted by molar-refractivity contribution is -0.128. The van der Waals surface area contributed by atoms with Crippen LogP contribution in [0.4, 0.5) is 0 Å². The number of amides is 2. The van der Waals surface area contributed by atoms with Crippen LogP contribution in [0.3, 0.4) is 0 Å². The maximum Gasteiger partial charge on any atom is 0.251 e. The number of carbonyl (C=O) groups excluding carboxylic acids is 2. The second-order valence-corrected chi connectivity index (χ2v) is 7.69. The predicted molar refractivity (Wildman–Crippen MR) is 107 cm³/mol. The average molecular weight is 385 g/mol. The van der Waals surface area contributed by atoms with Gasteiger partial charge in [0, 0.05) is 25.3 Å². The molecule has 0 spiro atoms. The van der Waals surface area contributed by atoms with E-state index in [1.54, 1.807) is 18.9 Å². The monoisotopic (exact) mass is 384 g/mol. The van der Waals surface area contributed by atoms with E-state index < -0.39 is 0 Å². The summed E-state index contributed by atoms with van der Waals surface area (Å²) in [5.74, 6) is 0.500. The van der Waals surface area contributed by atoms with Gasteiger partial charge in [-0.3, -0.25) is 9.59 Å². The van der Waals surface area contributed by atoms with Gasteiger partial charge in [-0.1, -0.05) is 42.5 Å². The molecule has 27 heavy (non-hydrogen) atoms. The van der Waals surface area contributed by atoms with E-state index in [1.165, 1.54) is 0 Å². The van der Waals surface area contributed by atoms with Crippen LogP contribution >= 0.6 is 11.8 Å². The number of thioether (sulfide) groups is 1. The SMILES string of the molecule is COCC(C)NC(=O)c1ccc(C2SCC(=O)N2Cc2ccccc2)cc1. The van der Waals surface area contributed by atoms with Crippen LogP contribution in [-0.4, -0.2) is 42.2 Å². The van der Waals surface area contributed by atoms with Crippen LogP contribution in [0.2, 0.25) is 0 Å². The van der Waals surface area contributed by atoms with Gasteiger partial charge in [-0.05, 0) is 30.2 Å². The highest BCUT2D eigenvalue weighted by Crippen LogP contribution is 2.39. The lowest BCUT2D eigenvalue weighted by Gasteiger charge is -2.24. The van der Waals surface area contributed by atoms with Crippen molar-refractivity contribution in [1.82, 2.24) is 10.2 Å². The van der Waals surface area contributed by atoms with E-state index in [9.17, 15) is 9.59 Å². The number of benzene rings is 2. The molecule has 0 saturated carbocycles. The average Bonchev–Trinajstić information content (AvgIpc) is 3.03. The van der Waals surface area contributed by atoms with Gasteiger partial charge >= 0.3 is 0 Å². The zero-order valence-corrected chi connectivity index (χ0v) is 16.4. The van der Waals surface area contributed by atoms with Crippen molar-refractivity contribution in [2.75, 3.05) is 19.5 Å². The van der Waals surface area contributed by atoms with Crippen LogP contribution in [0.1, 0.15) is 33.8 Å². The number of rotatable bonds is 7. The second-order valence-electron chi connectivity index (χ2n) is 6.62. The molecule has 5 nitrogen and oxygen atoms in total. The quantitative estimate of drug-likeness (QED) is 0.796. The summed E-state index contributed by atoms with van der Waals surface area (Å²) in [6.45, 7) is 2.96. The number of carbonyl (C=O) groups is 2. The third-order valence-electron chi connectivity index (χ3n) is 4.42. The van der Waals surface area contributed by atoms with Crippen molar-refractivity contribution in [2.45, 2.75) is 24.9 Å². The molecular weight excluding hydrogens is 360 g/mol. The Balaban J connectivity index is 1.70. The highest BCUT2D eigenvalue weighted by molar-refractivity contribution is 8.00. The summed E-state index contributed by atoms with van der Waals surface area (Å²) >= 11 is 1.62. The first kappa shape index (κ1) is 19.5. The molecule has 2 amide bonds. The predicted octanol–water partition coefficient (Wildman–Crippen LogP) is 3.23. The number of hydrogen-bond acceptors (Lipinski definition) is 4. The molecule has 0 radical (unpaired) electrons. The van der Waals surface area contributed by atoms with Crippen LogP contribution in [0, 0.1) is 0 Å². The molecule has 1 heterocycles. The van der Waals surface area contributed by atoms with Crippen molar-refractivity contribution >= 4 is 23.6 Å². The second kappa shape index (κ2) is 9.06. The molecule has 1 N–H and O–H groups in total. The molecule has 1 fully saturated rings. The molecule has 2 aromatic carbocycles. The van der Waals surface area contributed by atoms with Crippen molar-refractivity contribution in [1.29, 1.82) is 0 Å². The molecule has 6 heteroatoms. The summed E-state index contributed by atoms with van der Waals surface area (Å²) < 4.78 is 5.04. The Morgan fingerprint density at radius 1 is 1.22 bits per heavy atom. The topological polar surface area (TPSA) is 58.6 Å². The van der Waals surface area contributed by atoms with E-state index in [0.29, 0.717) is 24.5 Å². The zero-order chi connectivity index (χ0) is 19.2. The molecule has 2 aromatic rings. The number of nitrogens with zero attached hydrogens (tertiary/aromatic N) is 1. The first-order chi connectivity index (χ1) is 13.1. The minimum absolute atomic E-state index is 0.0257. The molecule has 1 aliphatic heterocycles. The van der Waals surface area contributed by atoms with E-state index >= 15 is 0 Å². The molecule has 142 valence electrons. The maximum absolute atomic E-state index is 12.3. The molecule has 0 aromatic heterocycles. The minimum Gasteiger partial charge on any atom is -0.383 e. The van der Waals surface area contributed by atoms with E-state index in [4.69, 9.17) is 4.74 Å². The lowest BCUT2D eigenvalue weighted by Crippen LogP contribution is -2.35. The first-order valence-electron chi connectivity index (χ1n) is 8.93. The van der Waals surface area contributed by atoms with Gasteiger partial charge in [0.05, 0.1) is 12.4 Å². The van der Waals surface area contributed by atoms with Gasteiger partial charge in [-0.2, -0.15) is 0 Å². The van der Waals surface area contributed by atoms with E-state index in [1.807, 2.05) is 66.4 Å². The number of hydrogen-bond donors (Lipinski definition) is 1. The van der Waals surface area contributed by atoms with Crippen LogP contribution < -0.4 is 5.32 Å². The van der Waals surface area contributed by atoms with Gasteiger partial charge in [0.15, 0.2) is 0 Å². The van der Waals surface area contributed by atoms with Gasteiger partial charge in [0.1, 0.15) is 5.37 Å². The summed E-state index contributed by atoms with van der Waals surface area (Å²) in [4.78, 5) is 26.5. The Morgan fingerprint density at radius 3 is 2.59 bits per heavy atom. The summed E-state index contributed by atoms with van der Waals surface area (Å²) in [5, 5.41) is 2.88. The smallest absolute Gasteiger partial charge is 0.251 e. The van der Waals surface area contributed by atoms with E-state index in [2.05, 4.69) is 5.32 Å². The summed E-state index contributed by atoms with van der Waals surface area (Å²) in [5.41, 5.74) is 2.75. The molecule has 1 aliphatic rings. The fourth-order valence-corrected chi connectivity index (χ4v) is 4.27. The maximum atomic E-state index is 12.3. The standard InChI is InChI=1S/C21H24N2O3S/c1-15(13-26-2)22-20(25)17-8-10-18(11-9-17)21-23(19(24)14-27-21)12-16-6-4-3-5-7-16/h3-11,15,21H,12-14H2,1-2H3,(H,22,25). The van der Waals surface area contributed by atoms with Gasteiger partial charge in [-0.15, -0.1) is 11.8 Å². The highest BCUT2D eigenvalue weighted by atomic mass is 32.2. The van der Waals surface area contributed by atoms with Gasteiger partial charge in [-0.25, -0.2) is 0 Å². The van der Waals surface area contributed by atoms with Crippen LogP contribution in [0.25, 0.3) is 0 Å². The van der Waals surface area contributed by atoms with E-state index in [-0.39, 0.29) is 23.2 Å². The Bertz CT molecular complexity index is 780. The normalized spacial score (nSPS) is 17.8. The third-order valence-corrected chi connectivity index (χ3v) is 5.67. The minimum atomic E-state index is -0.123. The van der Waals surface area contributed by atoms with Gasteiger partial charge in [0.2, 0.25) is 5.91 Å². The van der Waals surface area contributed by atoms with Gasteiger partial charge in [0.25, 0.3) is 5.91 Å². The zero-order valence-electron chi connectivity index (χ0n) is 15.6. The van der Waals surface area contributed by atoms with Gasteiger partial charge < -0.3 is 15.0 Å². The largest absolute Gasteiger partial charge is 0.383 e. The Labute approximate surface area is 164 Å². The molecule has 1 saturated heterocycles. The van der Waals surface area contributed by atoms with Crippen molar-refractivity contribution in [3.63, 3.8) is 0 Å². The molecule has 2 unspecified atom stereocenters. The summed E-state index contributed by atoms with van der Waals surface area (Å²) in [7, 11) is 1.61. The number of methoxy groups -OCH3 is 1. The van der Waals surface area contributed by atoms with Crippen molar-refractivity contribution in [3.8, 4) is 0 Å². The fraction of sp³-hybridized carbons (Fsp3) is 0.333. The van der Waals surface area contributed by atoms with Crippen LogP contribution in [0.5, 0.6) is 0 Å². The number of nitrogens with one attached hydrogen (secondary N) is 1.